The summed E-state index contributed by atoms with van der Waals surface area (Å²) in [6.45, 7) is 3.54. The molecular weight excluding hydrogens is 210 g/mol. The molecule has 0 radical (unpaired) electrons. The van der Waals surface area contributed by atoms with Crippen LogP contribution in [0.2, 0.25) is 0 Å². The van der Waals surface area contributed by atoms with E-state index in [0.717, 1.165) is 36.0 Å². The molecule has 1 aliphatic heterocycles. The Morgan fingerprint density at radius 2 is 2.13 bits per heavy atom. The summed E-state index contributed by atoms with van der Waals surface area (Å²) in [7, 11) is -0.656. The summed E-state index contributed by atoms with van der Waals surface area (Å²) < 4.78 is 11.2. The fourth-order valence-electron chi connectivity index (χ4n) is 1.70. The van der Waals surface area contributed by atoms with E-state index in [4.69, 9.17) is 5.73 Å². The highest BCUT2D eigenvalue weighted by atomic mass is 32.2. The summed E-state index contributed by atoms with van der Waals surface area (Å²) in [4.78, 5) is 6.44. The maximum Gasteiger partial charge on any atom is 0.151 e. The van der Waals surface area contributed by atoms with Crippen molar-refractivity contribution < 1.29 is 4.21 Å². The number of hydrogen-bond donors (Lipinski definition) is 1. The summed E-state index contributed by atoms with van der Waals surface area (Å²) >= 11 is 0. The second-order valence-electron chi connectivity index (χ2n) is 3.76. The maximum absolute atomic E-state index is 11.2. The Balaban J connectivity index is 2.19. The van der Waals surface area contributed by atoms with Crippen molar-refractivity contribution in [2.45, 2.75) is 6.92 Å². The van der Waals surface area contributed by atoms with Crippen molar-refractivity contribution in [3.8, 4) is 0 Å². The molecule has 2 rings (SSSR count). The van der Waals surface area contributed by atoms with E-state index in [1.807, 2.05) is 19.2 Å². The van der Waals surface area contributed by atoms with Crippen LogP contribution in [0.1, 0.15) is 5.56 Å². The molecule has 2 N–H and O–H groups in total. The first-order valence-corrected chi connectivity index (χ1v) is 6.47. The number of pyridine rings is 1. The molecule has 0 aromatic carbocycles. The van der Waals surface area contributed by atoms with Crippen LogP contribution >= 0.6 is 0 Å². The van der Waals surface area contributed by atoms with Crippen LogP contribution < -0.4 is 10.6 Å². The summed E-state index contributed by atoms with van der Waals surface area (Å²) in [5.41, 5.74) is 7.68. The number of nitrogens with zero attached hydrogens (tertiary/aromatic N) is 2. The van der Waals surface area contributed by atoms with Gasteiger partial charge in [-0.1, -0.05) is 0 Å². The van der Waals surface area contributed by atoms with Gasteiger partial charge in [-0.15, -0.1) is 0 Å². The molecule has 0 aliphatic carbocycles. The Morgan fingerprint density at radius 1 is 1.47 bits per heavy atom. The van der Waals surface area contributed by atoms with E-state index in [1.165, 1.54) is 0 Å². The molecule has 15 heavy (non-hydrogen) atoms. The number of aromatic nitrogens is 1. The lowest BCUT2D eigenvalue weighted by atomic mass is 10.2. The van der Waals surface area contributed by atoms with Crippen molar-refractivity contribution in [3.63, 3.8) is 0 Å². The van der Waals surface area contributed by atoms with Crippen molar-refractivity contribution in [2.24, 2.45) is 0 Å². The lowest BCUT2D eigenvalue weighted by molar-refractivity contribution is 0.672. The Kier molecular flexibility index (Phi) is 2.90. The highest BCUT2D eigenvalue weighted by Crippen LogP contribution is 2.21. The highest BCUT2D eigenvalue weighted by molar-refractivity contribution is 7.85. The van der Waals surface area contributed by atoms with Crippen molar-refractivity contribution in [1.29, 1.82) is 0 Å². The number of anilines is 2. The Hall–Kier alpha value is -1.10. The van der Waals surface area contributed by atoms with E-state index in [0.29, 0.717) is 5.69 Å². The smallest absolute Gasteiger partial charge is 0.151 e. The van der Waals surface area contributed by atoms with Gasteiger partial charge in [-0.25, -0.2) is 4.98 Å². The number of nitrogens with two attached hydrogens (primary N) is 1. The van der Waals surface area contributed by atoms with Crippen LogP contribution in [0.25, 0.3) is 0 Å². The van der Waals surface area contributed by atoms with Gasteiger partial charge in [-0.2, -0.15) is 0 Å². The van der Waals surface area contributed by atoms with Gasteiger partial charge in [-0.05, 0) is 18.6 Å². The lowest BCUT2D eigenvalue weighted by Gasteiger charge is -2.28. The van der Waals surface area contributed by atoms with Crippen LogP contribution in [0.4, 0.5) is 11.5 Å². The maximum atomic E-state index is 11.2. The molecule has 1 saturated heterocycles. The molecular formula is C10H15N3OS. The van der Waals surface area contributed by atoms with Gasteiger partial charge in [0, 0.05) is 41.6 Å². The second-order valence-corrected chi connectivity index (χ2v) is 5.46. The summed E-state index contributed by atoms with van der Waals surface area (Å²) in [5, 5.41) is 0. The van der Waals surface area contributed by atoms with Crippen LogP contribution in [0.5, 0.6) is 0 Å². The van der Waals surface area contributed by atoms with Crippen LogP contribution in [-0.2, 0) is 10.8 Å². The van der Waals surface area contributed by atoms with Gasteiger partial charge in [0.2, 0.25) is 0 Å². The fraction of sp³-hybridized carbons (Fsp3) is 0.500. The lowest BCUT2D eigenvalue weighted by Crippen LogP contribution is -2.38. The highest BCUT2D eigenvalue weighted by Gasteiger charge is 2.18. The molecule has 4 nitrogen and oxygen atoms in total. The number of rotatable bonds is 1. The molecule has 5 heteroatoms. The molecule has 1 fully saturated rings. The Morgan fingerprint density at radius 3 is 2.73 bits per heavy atom. The number of aryl methyl sites for hydroxylation is 1. The van der Waals surface area contributed by atoms with Gasteiger partial charge in [0.15, 0.2) is 5.82 Å². The van der Waals surface area contributed by atoms with E-state index < -0.39 is 10.8 Å². The molecule has 0 atom stereocenters. The minimum Gasteiger partial charge on any atom is -0.396 e. The molecule has 1 aromatic heterocycles. The van der Waals surface area contributed by atoms with Gasteiger partial charge in [0.25, 0.3) is 0 Å². The third-order valence-corrected chi connectivity index (χ3v) is 3.78. The Labute approximate surface area is 91.9 Å². The first-order chi connectivity index (χ1) is 7.16. The number of nitrogen functional groups attached to an aromatic ring is 1. The number of hydrogen-bond acceptors (Lipinski definition) is 4. The summed E-state index contributed by atoms with van der Waals surface area (Å²) in [6.07, 6.45) is 1.82. The van der Waals surface area contributed by atoms with Crippen LogP contribution in [-0.4, -0.2) is 33.8 Å². The van der Waals surface area contributed by atoms with Gasteiger partial charge in [0.1, 0.15) is 0 Å². The molecule has 2 heterocycles. The van der Waals surface area contributed by atoms with Crippen LogP contribution in [0, 0.1) is 6.92 Å². The minimum absolute atomic E-state index is 0.656. The first-order valence-electron chi connectivity index (χ1n) is 4.99. The molecule has 1 aromatic rings. The molecule has 0 amide bonds. The molecule has 0 unspecified atom stereocenters. The molecule has 0 spiro atoms. The van der Waals surface area contributed by atoms with Crippen molar-refractivity contribution in [3.05, 3.63) is 17.8 Å². The van der Waals surface area contributed by atoms with E-state index >= 15 is 0 Å². The van der Waals surface area contributed by atoms with E-state index in [-0.39, 0.29) is 0 Å². The zero-order chi connectivity index (χ0) is 10.8. The van der Waals surface area contributed by atoms with E-state index in [2.05, 4.69) is 9.88 Å². The van der Waals surface area contributed by atoms with Crippen molar-refractivity contribution >= 4 is 22.3 Å². The third-order valence-electron chi connectivity index (χ3n) is 2.51. The van der Waals surface area contributed by atoms with E-state index in [9.17, 15) is 4.21 Å². The summed E-state index contributed by atoms with van der Waals surface area (Å²) in [6, 6.07) is 1.92. The topological polar surface area (TPSA) is 59.2 Å². The normalized spacial score (nSPS) is 18.1. The van der Waals surface area contributed by atoms with Crippen molar-refractivity contribution in [1.82, 2.24) is 4.98 Å². The quantitative estimate of drug-likeness (QED) is 0.758. The molecule has 0 saturated carbocycles. The largest absolute Gasteiger partial charge is 0.396 e. The minimum atomic E-state index is -0.656. The first kappa shape index (κ1) is 10.4. The predicted octanol–water partition coefficient (Wildman–Crippen LogP) is 0.541. The SMILES string of the molecule is Cc1cnc(N2CCS(=O)CC2)c(N)c1. The monoisotopic (exact) mass is 225 g/mol. The third kappa shape index (κ3) is 2.28. The van der Waals surface area contributed by atoms with Gasteiger partial charge in [-0.3, -0.25) is 4.21 Å². The molecule has 82 valence electrons. The average molecular weight is 225 g/mol. The molecule has 1 aliphatic rings. The van der Waals surface area contributed by atoms with Gasteiger partial charge < -0.3 is 10.6 Å². The zero-order valence-electron chi connectivity index (χ0n) is 8.77. The van der Waals surface area contributed by atoms with E-state index in [1.54, 1.807) is 0 Å². The standard InChI is InChI=1S/C10H15N3OS/c1-8-6-9(11)10(12-7-8)13-2-4-15(14)5-3-13/h6-7H,2-5,11H2,1H3. The predicted molar refractivity (Wildman–Crippen MR) is 63.5 cm³/mol. The van der Waals surface area contributed by atoms with Crippen molar-refractivity contribution in [2.75, 3.05) is 35.2 Å². The van der Waals surface area contributed by atoms with Gasteiger partial charge in [0.05, 0.1) is 5.69 Å². The average Bonchev–Trinajstić information content (AvgIpc) is 2.20. The Bertz CT molecular complexity index is 384. The van der Waals surface area contributed by atoms with Crippen LogP contribution in [0.15, 0.2) is 12.3 Å². The zero-order valence-corrected chi connectivity index (χ0v) is 9.59. The summed E-state index contributed by atoms with van der Waals surface area (Å²) in [5.74, 6) is 2.27. The fourth-order valence-corrected chi connectivity index (χ4v) is 2.75. The van der Waals surface area contributed by atoms with Crippen LogP contribution in [0.3, 0.4) is 0 Å². The van der Waals surface area contributed by atoms with Gasteiger partial charge >= 0.3 is 0 Å². The second kappa shape index (κ2) is 4.18. The molecule has 0 bridgehead atoms.